The molecule has 0 saturated heterocycles. The van der Waals surface area contributed by atoms with Crippen LogP contribution in [0.15, 0.2) is 65.8 Å². The van der Waals surface area contributed by atoms with Crippen molar-refractivity contribution >= 4 is 11.7 Å². The fraction of sp³-hybridized carbons (Fsp3) is 0.176. The van der Waals surface area contributed by atoms with Gasteiger partial charge in [0, 0.05) is 6.42 Å². The first-order valence-electron chi connectivity index (χ1n) is 6.64. The minimum absolute atomic E-state index is 0.250. The molecule has 0 fully saturated rings. The van der Waals surface area contributed by atoms with E-state index in [0.717, 1.165) is 11.1 Å². The predicted molar refractivity (Wildman–Crippen MR) is 80.8 cm³/mol. The summed E-state index contributed by atoms with van der Waals surface area (Å²) in [7, 11) is 1.33. The van der Waals surface area contributed by atoms with Crippen LogP contribution >= 0.6 is 0 Å². The van der Waals surface area contributed by atoms with E-state index in [0.29, 0.717) is 13.0 Å². The van der Waals surface area contributed by atoms with Crippen LogP contribution in [0.25, 0.3) is 0 Å². The van der Waals surface area contributed by atoms with Crippen molar-refractivity contribution in [1.82, 2.24) is 0 Å². The number of esters is 1. The normalized spacial score (nSPS) is 11.0. The van der Waals surface area contributed by atoms with Crippen molar-refractivity contribution in [2.24, 2.45) is 5.16 Å². The minimum Gasteiger partial charge on any atom is -0.464 e. The third-order valence-corrected chi connectivity index (χ3v) is 2.88. The van der Waals surface area contributed by atoms with Gasteiger partial charge in [0.1, 0.15) is 6.61 Å². The van der Waals surface area contributed by atoms with Gasteiger partial charge in [0.2, 0.25) is 0 Å². The van der Waals surface area contributed by atoms with Gasteiger partial charge in [-0.05, 0) is 11.1 Å². The first-order valence-corrected chi connectivity index (χ1v) is 6.64. The summed E-state index contributed by atoms with van der Waals surface area (Å²) in [6, 6.07) is 19.2. The molecule has 0 aromatic heterocycles. The topological polar surface area (TPSA) is 47.9 Å². The Balaban J connectivity index is 2.02. The molecule has 0 atom stereocenters. The van der Waals surface area contributed by atoms with Crippen LogP contribution in [0.4, 0.5) is 0 Å². The molecule has 0 saturated carbocycles. The summed E-state index contributed by atoms with van der Waals surface area (Å²) in [4.78, 5) is 17.0. The number of oxime groups is 1. The highest BCUT2D eigenvalue weighted by atomic mass is 16.6. The lowest BCUT2D eigenvalue weighted by molar-refractivity contribution is -0.133. The highest BCUT2D eigenvalue weighted by Crippen LogP contribution is 2.05. The summed E-state index contributed by atoms with van der Waals surface area (Å²) in [6.07, 6.45) is 0.377. The van der Waals surface area contributed by atoms with Crippen molar-refractivity contribution in [2.45, 2.75) is 13.0 Å². The van der Waals surface area contributed by atoms with Crippen molar-refractivity contribution < 1.29 is 14.4 Å². The van der Waals surface area contributed by atoms with Gasteiger partial charge in [-0.3, -0.25) is 0 Å². The maximum atomic E-state index is 11.7. The van der Waals surface area contributed by atoms with E-state index in [1.165, 1.54) is 7.11 Å². The molecule has 4 heteroatoms. The average Bonchev–Trinajstić information content (AvgIpc) is 2.55. The zero-order chi connectivity index (χ0) is 14.9. The van der Waals surface area contributed by atoms with Crippen LogP contribution in [0, 0.1) is 0 Å². The number of hydrogen-bond donors (Lipinski definition) is 0. The maximum Gasteiger partial charge on any atom is 0.356 e. The van der Waals surface area contributed by atoms with Crippen molar-refractivity contribution in [3.8, 4) is 0 Å². The largest absolute Gasteiger partial charge is 0.464 e. The molecule has 0 aliphatic rings. The number of carbonyl (C=O) groups is 1. The van der Waals surface area contributed by atoms with Gasteiger partial charge in [-0.25, -0.2) is 4.79 Å². The third kappa shape index (κ3) is 4.76. The van der Waals surface area contributed by atoms with E-state index in [-0.39, 0.29) is 5.71 Å². The SMILES string of the molecule is COC(=O)/C(Cc1ccccc1)=N/OCc1ccccc1. The second-order valence-corrected chi connectivity index (χ2v) is 4.45. The van der Waals surface area contributed by atoms with E-state index in [4.69, 9.17) is 9.57 Å². The molecule has 21 heavy (non-hydrogen) atoms. The van der Waals surface area contributed by atoms with Crippen molar-refractivity contribution in [2.75, 3.05) is 7.11 Å². The summed E-state index contributed by atoms with van der Waals surface area (Å²) in [6.45, 7) is 0.316. The lowest BCUT2D eigenvalue weighted by Crippen LogP contribution is -2.19. The molecular weight excluding hydrogens is 266 g/mol. The van der Waals surface area contributed by atoms with Crippen molar-refractivity contribution in [3.63, 3.8) is 0 Å². The van der Waals surface area contributed by atoms with E-state index >= 15 is 0 Å². The van der Waals surface area contributed by atoms with Crippen LogP contribution in [-0.4, -0.2) is 18.8 Å². The quantitative estimate of drug-likeness (QED) is 0.465. The molecule has 2 rings (SSSR count). The Morgan fingerprint density at radius 3 is 2.10 bits per heavy atom. The molecule has 2 aromatic carbocycles. The van der Waals surface area contributed by atoms with Crippen molar-refractivity contribution in [3.05, 3.63) is 71.8 Å². The highest BCUT2D eigenvalue weighted by Gasteiger charge is 2.13. The van der Waals surface area contributed by atoms with E-state index in [2.05, 4.69) is 5.16 Å². The van der Waals surface area contributed by atoms with Gasteiger partial charge in [0.15, 0.2) is 5.71 Å². The molecule has 0 unspecified atom stereocenters. The van der Waals surface area contributed by atoms with Gasteiger partial charge >= 0.3 is 5.97 Å². The summed E-state index contributed by atoms with van der Waals surface area (Å²) in [5.74, 6) is -0.480. The van der Waals surface area contributed by atoms with E-state index in [9.17, 15) is 4.79 Å². The van der Waals surface area contributed by atoms with Gasteiger partial charge in [-0.2, -0.15) is 0 Å². The van der Waals surface area contributed by atoms with Crippen LogP contribution in [0.3, 0.4) is 0 Å². The molecule has 0 radical (unpaired) electrons. The number of nitrogens with zero attached hydrogens (tertiary/aromatic N) is 1. The van der Waals surface area contributed by atoms with E-state index in [1.54, 1.807) is 0 Å². The lowest BCUT2D eigenvalue weighted by atomic mass is 10.1. The Labute approximate surface area is 124 Å². The van der Waals surface area contributed by atoms with E-state index in [1.807, 2.05) is 60.7 Å². The standard InChI is InChI=1S/C17H17NO3/c1-20-17(19)16(12-14-8-4-2-5-9-14)18-21-13-15-10-6-3-7-11-15/h2-11H,12-13H2,1H3/b18-16+. The third-order valence-electron chi connectivity index (χ3n) is 2.88. The van der Waals surface area contributed by atoms with Crippen LogP contribution in [0.1, 0.15) is 11.1 Å². The fourth-order valence-electron chi connectivity index (χ4n) is 1.81. The van der Waals surface area contributed by atoms with E-state index < -0.39 is 5.97 Å². The second kappa shape index (κ2) is 7.85. The molecular formula is C17H17NO3. The second-order valence-electron chi connectivity index (χ2n) is 4.45. The Kier molecular flexibility index (Phi) is 5.52. The molecule has 0 bridgehead atoms. The van der Waals surface area contributed by atoms with Gasteiger partial charge in [-0.15, -0.1) is 0 Å². The first kappa shape index (κ1) is 14.8. The molecule has 0 aliphatic heterocycles. The average molecular weight is 283 g/mol. The Morgan fingerprint density at radius 1 is 0.952 bits per heavy atom. The molecule has 0 heterocycles. The lowest BCUT2D eigenvalue weighted by Gasteiger charge is -2.05. The molecule has 108 valence electrons. The minimum atomic E-state index is -0.480. The summed E-state index contributed by atoms with van der Waals surface area (Å²) in [5.41, 5.74) is 2.22. The maximum absolute atomic E-state index is 11.7. The molecule has 0 spiro atoms. The van der Waals surface area contributed by atoms with Crippen LogP contribution < -0.4 is 0 Å². The Hall–Kier alpha value is -2.62. The van der Waals surface area contributed by atoms with Crippen LogP contribution in [0.5, 0.6) is 0 Å². The number of ether oxygens (including phenoxy) is 1. The van der Waals surface area contributed by atoms with Crippen LogP contribution in [0.2, 0.25) is 0 Å². The smallest absolute Gasteiger partial charge is 0.356 e. The number of benzene rings is 2. The monoisotopic (exact) mass is 283 g/mol. The molecule has 4 nitrogen and oxygen atoms in total. The number of carbonyl (C=O) groups excluding carboxylic acids is 1. The van der Waals surface area contributed by atoms with Gasteiger partial charge in [0.25, 0.3) is 0 Å². The first-order chi connectivity index (χ1) is 10.3. The summed E-state index contributed by atoms with van der Waals surface area (Å²) in [5, 5.41) is 3.93. The highest BCUT2D eigenvalue weighted by molar-refractivity contribution is 6.36. The number of hydrogen-bond acceptors (Lipinski definition) is 4. The molecule has 0 N–H and O–H groups in total. The van der Waals surface area contributed by atoms with Gasteiger partial charge in [-0.1, -0.05) is 65.8 Å². The molecule has 2 aromatic rings. The zero-order valence-electron chi connectivity index (χ0n) is 11.9. The summed E-state index contributed by atoms with van der Waals surface area (Å²) < 4.78 is 4.74. The zero-order valence-corrected chi connectivity index (χ0v) is 11.9. The predicted octanol–water partition coefficient (Wildman–Crippen LogP) is 2.97. The Bertz CT molecular complexity index is 594. The van der Waals surface area contributed by atoms with Gasteiger partial charge in [0.05, 0.1) is 7.11 Å². The Morgan fingerprint density at radius 2 is 1.52 bits per heavy atom. The summed E-state index contributed by atoms with van der Waals surface area (Å²) >= 11 is 0. The molecule has 0 aliphatic carbocycles. The van der Waals surface area contributed by atoms with Crippen molar-refractivity contribution in [1.29, 1.82) is 0 Å². The molecule has 0 amide bonds. The van der Waals surface area contributed by atoms with Gasteiger partial charge < -0.3 is 9.57 Å². The number of methoxy groups -OCH3 is 1. The number of rotatable bonds is 6. The van der Waals surface area contributed by atoms with Crippen LogP contribution in [-0.2, 0) is 27.4 Å². The fourth-order valence-corrected chi connectivity index (χ4v) is 1.81.